The number of fused-ring (bicyclic) bond motifs is 1. The molecular weight excluding hydrogens is 376 g/mol. The van der Waals surface area contributed by atoms with Crippen LogP contribution in [0.15, 0.2) is 45.0 Å². The Balaban J connectivity index is 2.08. The first-order valence-corrected chi connectivity index (χ1v) is 9.51. The van der Waals surface area contributed by atoms with Crippen LogP contribution < -0.4 is 0 Å². The van der Waals surface area contributed by atoms with Crippen molar-refractivity contribution in [2.24, 2.45) is 4.99 Å². The summed E-state index contributed by atoms with van der Waals surface area (Å²) in [5, 5.41) is 1.01. The van der Waals surface area contributed by atoms with E-state index in [1.54, 1.807) is 11.8 Å². The van der Waals surface area contributed by atoms with Gasteiger partial charge in [0.15, 0.2) is 5.17 Å². The summed E-state index contributed by atoms with van der Waals surface area (Å²) in [5.74, 6) is 0.806. The number of amidine groups is 1. The van der Waals surface area contributed by atoms with Crippen LogP contribution in [0.25, 0.3) is 0 Å². The fourth-order valence-corrected chi connectivity index (χ4v) is 4.21. The molecule has 1 aromatic carbocycles. The molecule has 0 radical (unpaired) electrons. The van der Waals surface area contributed by atoms with Crippen molar-refractivity contribution in [1.29, 1.82) is 0 Å². The molecule has 1 aromatic rings. The van der Waals surface area contributed by atoms with E-state index in [1.807, 2.05) is 26.0 Å². The molecule has 1 fully saturated rings. The van der Waals surface area contributed by atoms with Gasteiger partial charge in [-0.25, -0.2) is 9.79 Å². The van der Waals surface area contributed by atoms with Crippen LogP contribution in [-0.2, 0) is 9.53 Å². The third-order valence-electron chi connectivity index (χ3n) is 3.94. The van der Waals surface area contributed by atoms with Crippen molar-refractivity contribution in [2.75, 3.05) is 18.9 Å². The van der Waals surface area contributed by atoms with Crippen LogP contribution in [-0.4, -0.2) is 34.9 Å². The first-order chi connectivity index (χ1) is 11.1. The number of carbonyl (C=O) groups excluding carboxylic acids is 1. The van der Waals surface area contributed by atoms with E-state index in [4.69, 9.17) is 4.74 Å². The largest absolute Gasteiger partial charge is 0.463 e. The summed E-state index contributed by atoms with van der Waals surface area (Å²) in [6, 6.07) is 8.02. The van der Waals surface area contributed by atoms with Gasteiger partial charge in [0.2, 0.25) is 0 Å². The van der Waals surface area contributed by atoms with Gasteiger partial charge in [-0.3, -0.25) is 0 Å². The van der Waals surface area contributed by atoms with Crippen molar-refractivity contribution in [2.45, 2.75) is 26.3 Å². The molecule has 2 aliphatic rings. The highest BCUT2D eigenvalue weighted by Gasteiger charge is 2.37. The van der Waals surface area contributed by atoms with Crippen molar-refractivity contribution in [3.05, 3.63) is 45.6 Å². The molecule has 1 saturated heterocycles. The molecule has 4 nitrogen and oxygen atoms in total. The summed E-state index contributed by atoms with van der Waals surface area (Å²) in [5.41, 5.74) is 2.50. The minimum atomic E-state index is -0.267. The van der Waals surface area contributed by atoms with E-state index in [9.17, 15) is 4.79 Å². The van der Waals surface area contributed by atoms with Gasteiger partial charge in [-0.2, -0.15) is 0 Å². The van der Waals surface area contributed by atoms with E-state index >= 15 is 0 Å². The predicted molar refractivity (Wildman–Crippen MR) is 97.4 cm³/mol. The van der Waals surface area contributed by atoms with Crippen LogP contribution in [0.2, 0.25) is 0 Å². The number of thioether (sulfide) groups is 1. The Labute approximate surface area is 149 Å². The number of halogens is 1. The van der Waals surface area contributed by atoms with Gasteiger partial charge in [-0.1, -0.05) is 39.8 Å². The van der Waals surface area contributed by atoms with E-state index in [-0.39, 0.29) is 12.0 Å². The normalized spacial score (nSPS) is 20.9. The van der Waals surface area contributed by atoms with Crippen molar-refractivity contribution in [3.8, 4) is 0 Å². The Morgan fingerprint density at radius 1 is 1.43 bits per heavy atom. The summed E-state index contributed by atoms with van der Waals surface area (Å²) in [4.78, 5) is 19.4. The monoisotopic (exact) mass is 394 g/mol. The van der Waals surface area contributed by atoms with Crippen LogP contribution in [0.4, 0.5) is 0 Å². The second-order valence-electron chi connectivity index (χ2n) is 5.46. The number of esters is 1. The minimum absolute atomic E-state index is 0.123. The highest BCUT2D eigenvalue weighted by Crippen LogP contribution is 2.40. The Morgan fingerprint density at radius 3 is 2.87 bits per heavy atom. The SMILES string of the molecule is CCOC(=O)C1=C(C)N=C2SCCCN2[C@@H]1c1ccc(Br)cc1. The summed E-state index contributed by atoms with van der Waals surface area (Å²) in [6.45, 7) is 5.01. The number of allylic oxidation sites excluding steroid dienone is 1. The standard InChI is InChI=1S/C17H19BrN2O2S/c1-3-22-16(21)14-11(2)19-17-20(9-4-10-23-17)15(14)12-5-7-13(18)8-6-12/h5-8,15H,3-4,9-10H2,1-2H3/t15-/m1/s1. The minimum Gasteiger partial charge on any atom is -0.463 e. The number of aliphatic imine (C=N–C) groups is 1. The Morgan fingerprint density at radius 2 is 2.17 bits per heavy atom. The maximum atomic E-state index is 12.5. The summed E-state index contributed by atoms with van der Waals surface area (Å²) < 4.78 is 6.32. The van der Waals surface area contributed by atoms with Crippen LogP contribution in [0.3, 0.4) is 0 Å². The summed E-state index contributed by atoms with van der Waals surface area (Å²) in [7, 11) is 0. The van der Waals surface area contributed by atoms with Gasteiger partial charge in [0.1, 0.15) is 0 Å². The van der Waals surface area contributed by atoms with E-state index in [2.05, 4.69) is 38.0 Å². The van der Waals surface area contributed by atoms with Crippen molar-refractivity contribution in [3.63, 3.8) is 0 Å². The highest BCUT2D eigenvalue weighted by molar-refractivity contribution is 9.10. The number of benzene rings is 1. The molecule has 3 rings (SSSR count). The highest BCUT2D eigenvalue weighted by atomic mass is 79.9. The molecule has 23 heavy (non-hydrogen) atoms. The second-order valence-corrected chi connectivity index (χ2v) is 7.44. The Kier molecular flexibility index (Phi) is 5.11. The van der Waals surface area contributed by atoms with Gasteiger partial charge in [-0.15, -0.1) is 0 Å². The molecule has 0 bridgehead atoms. The maximum absolute atomic E-state index is 12.5. The first kappa shape index (κ1) is 16.6. The van der Waals surface area contributed by atoms with Crippen molar-refractivity contribution < 1.29 is 9.53 Å². The third kappa shape index (κ3) is 3.33. The fourth-order valence-electron chi connectivity index (χ4n) is 2.93. The zero-order chi connectivity index (χ0) is 16.4. The van der Waals surface area contributed by atoms with E-state index in [0.29, 0.717) is 12.2 Å². The predicted octanol–water partition coefficient (Wildman–Crippen LogP) is 4.14. The molecule has 0 spiro atoms. The lowest BCUT2D eigenvalue weighted by atomic mass is 9.94. The Bertz CT molecular complexity index is 670. The quantitative estimate of drug-likeness (QED) is 0.722. The number of carbonyl (C=O) groups is 1. The lowest BCUT2D eigenvalue weighted by Gasteiger charge is -2.40. The van der Waals surface area contributed by atoms with E-state index in [0.717, 1.165) is 39.6 Å². The smallest absolute Gasteiger partial charge is 0.338 e. The van der Waals surface area contributed by atoms with Gasteiger partial charge < -0.3 is 9.64 Å². The average molecular weight is 395 g/mol. The zero-order valence-corrected chi connectivity index (χ0v) is 15.6. The number of hydrogen-bond acceptors (Lipinski definition) is 5. The van der Waals surface area contributed by atoms with Crippen LogP contribution >= 0.6 is 27.7 Å². The lowest BCUT2D eigenvalue weighted by Crippen LogP contribution is -2.42. The molecule has 2 heterocycles. The molecule has 0 aromatic heterocycles. The van der Waals surface area contributed by atoms with Crippen LogP contribution in [0, 0.1) is 0 Å². The van der Waals surface area contributed by atoms with Crippen LogP contribution in [0.1, 0.15) is 31.9 Å². The van der Waals surface area contributed by atoms with E-state index in [1.165, 1.54) is 0 Å². The number of ether oxygens (including phenoxy) is 1. The van der Waals surface area contributed by atoms with Gasteiger partial charge in [0.05, 0.1) is 23.9 Å². The summed E-state index contributed by atoms with van der Waals surface area (Å²) in [6.07, 6.45) is 1.09. The molecule has 0 unspecified atom stereocenters. The molecule has 122 valence electrons. The number of nitrogens with zero attached hydrogens (tertiary/aromatic N) is 2. The number of rotatable bonds is 3. The zero-order valence-electron chi connectivity index (χ0n) is 13.2. The topological polar surface area (TPSA) is 41.9 Å². The van der Waals surface area contributed by atoms with E-state index < -0.39 is 0 Å². The lowest BCUT2D eigenvalue weighted by molar-refractivity contribution is -0.139. The molecule has 0 saturated carbocycles. The third-order valence-corrected chi connectivity index (χ3v) is 5.55. The Hall–Kier alpha value is -1.27. The van der Waals surface area contributed by atoms with Crippen molar-refractivity contribution >= 4 is 38.8 Å². The average Bonchev–Trinajstić information content (AvgIpc) is 2.54. The molecule has 0 N–H and O–H groups in total. The number of hydrogen-bond donors (Lipinski definition) is 0. The van der Waals surface area contributed by atoms with Gasteiger partial charge >= 0.3 is 5.97 Å². The van der Waals surface area contributed by atoms with Crippen molar-refractivity contribution in [1.82, 2.24) is 4.90 Å². The molecule has 0 aliphatic carbocycles. The van der Waals surface area contributed by atoms with Gasteiger partial charge in [-0.05, 0) is 38.0 Å². The fraction of sp³-hybridized carbons (Fsp3) is 0.412. The molecule has 0 amide bonds. The van der Waals surface area contributed by atoms with Gasteiger partial charge in [0.25, 0.3) is 0 Å². The van der Waals surface area contributed by atoms with Crippen LogP contribution in [0.5, 0.6) is 0 Å². The molecule has 6 heteroatoms. The maximum Gasteiger partial charge on any atom is 0.338 e. The van der Waals surface area contributed by atoms with Gasteiger partial charge in [0, 0.05) is 16.8 Å². The molecular formula is C17H19BrN2O2S. The summed E-state index contributed by atoms with van der Waals surface area (Å²) >= 11 is 5.23. The first-order valence-electron chi connectivity index (χ1n) is 7.73. The molecule has 2 aliphatic heterocycles. The second kappa shape index (κ2) is 7.09. The molecule has 1 atom stereocenters.